The first-order chi connectivity index (χ1) is 8.70. The average molecular weight is 283 g/mol. The van der Waals surface area contributed by atoms with Gasteiger partial charge in [-0.1, -0.05) is 12.1 Å². The Morgan fingerprint density at radius 2 is 2.11 bits per heavy atom. The minimum Gasteiger partial charge on any atom is -0.240 e. The Hall–Kier alpha value is -1.13. The predicted octanol–water partition coefficient (Wildman–Crippen LogP) is 3.96. The molecule has 0 saturated heterocycles. The molecule has 0 aliphatic heterocycles. The first kappa shape index (κ1) is 13.3. The number of hydrogen-bond acceptors (Lipinski definition) is 3. The van der Waals surface area contributed by atoms with Crippen LogP contribution in [0.25, 0.3) is 0 Å². The molecular weight excluding hydrogens is 271 g/mol. The summed E-state index contributed by atoms with van der Waals surface area (Å²) >= 11 is 7.13. The van der Waals surface area contributed by atoms with Gasteiger partial charge in [0.2, 0.25) is 0 Å². The van der Waals surface area contributed by atoms with Gasteiger partial charge in [0, 0.05) is 22.3 Å². The van der Waals surface area contributed by atoms with E-state index in [1.165, 1.54) is 17.8 Å². The quantitative estimate of drug-likeness (QED) is 0.627. The van der Waals surface area contributed by atoms with Gasteiger partial charge >= 0.3 is 0 Å². The van der Waals surface area contributed by atoms with Crippen LogP contribution in [0.2, 0.25) is 0 Å². The SMILES string of the molecule is Cc1nc(CSc2ccccc2F)ncc1CCl. The van der Waals surface area contributed by atoms with E-state index in [1.807, 2.05) is 13.0 Å². The van der Waals surface area contributed by atoms with Crippen LogP contribution in [-0.2, 0) is 11.6 Å². The highest BCUT2D eigenvalue weighted by Crippen LogP contribution is 2.24. The summed E-state index contributed by atoms with van der Waals surface area (Å²) in [5.74, 6) is 1.43. The molecule has 0 amide bonds. The van der Waals surface area contributed by atoms with Crippen molar-refractivity contribution in [1.29, 1.82) is 0 Å². The number of alkyl halides is 1. The van der Waals surface area contributed by atoms with Crippen molar-refractivity contribution in [3.8, 4) is 0 Å². The third-order valence-corrected chi connectivity index (χ3v) is 3.80. The molecule has 1 aromatic heterocycles. The van der Waals surface area contributed by atoms with E-state index in [-0.39, 0.29) is 5.82 Å². The molecule has 0 aliphatic rings. The van der Waals surface area contributed by atoms with Gasteiger partial charge in [0.05, 0.1) is 11.6 Å². The molecule has 0 spiro atoms. The summed E-state index contributed by atoms with van der Waals surface area (Å²) in [4.78, 5) is 9.18. The number of aromatic nitrogens is 2. The van der Waals surface area contributed by atoms with Crippen LogP contribution in [-0.4, -0.2) is 9.97 Å². The Balaban J connectivity index is 2.07. The molecule has 2 rings (SSSR count). The van der Waals surface area contributed by atoms with Gasteiger partial charge in [0.1, 0.15) is 11.6 Å². The lowest BCUT2D eigenvalue weighted by molar-refractivity contribution is 0.602. The van der Waals surface area contributed by atoms with Gasteiger partial charge in [-0.25, -0.2) is 14.4 Å². The Bertz CT molecular complexity index is 548. The minimum atomic E-state index is -0.211. The zero-order chi connectivity index (χ0) is 13.0. The fourth-order valence-corrected chi connectivity index (χ4v) is 2.51. The minimum absolute atomic E-state index is 0.211. The maximum Gasteiger partial charge on any atom is 0.138 e. The normalized spacial score (nSPS) is 10.6. The summed E-state index contributed by atoms with van der Waals surface area (Å²) in [5, 5.41) is 0. The second kappa shape index (κ2) is 6.16. The maximum absolute atomic E-state index is 13.4. The van der Waals surface area contributed by atoms with Crippen LogP contribution in [0.1, 0.15) is 17.1 Å². The van der Waals surface area contributed by atoms with Crippen LogP contribution < -0.4 is 0 Å². The zero-order valence-electron chi connectivity index (χ0n) is 9.86. The number of benzene rings is 1. The molecule has 2 nitrogen and oxygen atoms in total. The van der Waals surface area contributed by atoms with E-state index in [9.17, 15) is 4.39 Å². The lowest BCUT2D eigenvalue weighted by Crippen LogP contribution is -1.98. The van der Waals surface area contributed by atoms with Crippen molar-refractivity contribution in [3.05, 3.63) is 53.4 Å². The molecule has 1 aromatic carbocycles. The third-order valence-electron chi connectivity index (χ3n) is 2.47. The van der Waals surface area contributed by atoms with E-state index in [0.29, 0.717) is 22.4 Å². The van der Waals surface area contributed by atoms with E-state index in [0.717, 1.165) is 11.3 Å². The van der Waals surface area contributed by atoms with E-state index < -0.39 is 0 Å². The van der Waals surface area contributed by atoms with Crippen molar-refractivity contribution in [2.24, 2.45) is 0 Å². The Morgan fingerprint density at radius 1 is 1.33 bits per heavy atom. The second-order valence-corrected chi connectivity index (χ2v) is 5.03. The molecule has 1 heterocycles. The maximum atomic E-state index is 13.4. The molecule has 0 radical (unpaired) electrons. The number of aryl methyl sites for hydroxylation is 1. The van der Waals surface area contributed by atoms with Gasteiger partial charge in [-0.15, -0.1) is 23.4 Å². The molecule has 0 bridgehead atoms. The number of hydrogen-bond donors (Lipinski definition) is 0. The van der Waals surface area contributed by atoms with Crippen LogP contribution in [0.5, 0.6) is 0 Å². The Kier molecular flexibility index (Phi) is 4.55. The largest absolute Gasteiger partial charge is 0.240 e. The number of halogens is 2. The van der Waals surface area contributed by atoms with Crippen molar-refractivity contribution in [2.75, 3.05) is 0 Å². The highest BCUT2D eigenvalue weighted by atomic mass is 35.5. The van der Waals surface area contributed by atoms with Gasteiger partial charge < -0.3 is 0 Å². The highest BCUT2D eigenvalue weighted by molar-refractivity contribution is 7.98. The number of thioether (sulfide) groups is 1. The van der Waals surface area contributed by atoms with Gasteiger partial charge in [-0.05, 0) is 19.1 Å². The molecular formula is C13H12ClFN2S. The predicted molar refractivity (Wildman–Crippen MR) is 72.3 cm³/mol. The highest BCUT2D eigenvalue weighted by Gasteiger charge is 2.05. The molecule has 5 heteroatoms. The molecule has 0 atom stereocenters. The van der Waals surface area contributed by atoms with Crippen LogP contribution in [0, 0.1) is 12.7 Å². The Labute approximate surface area is 115 Å². The van der Waals surface area contributed by atoms with Gasteiger partial charge in [0.15, 0.2) is 0 Å². The van der Waals surface area contributed by atoms with E-state index >= 15 is 0 Å². The van der Waals surface area contributed by atoms with Crippen LogP contribution in [0.4, 0.5) is 4.39 Å². The summed E-state index contributed by atoms with van der Waals surface area (Å²) in [6.07, 6.45) is 1.73. The summed E-state index contributed by atoms with van der Waals surface area (Å²) in [7, 11) is 0. The number of nitrogens with zero attached hydrogens (tertiary/aromatic N) is 2. The summed E-state index contributed by atoms with van der Waals surface area (Å²) in [6.45, 7) is 1.90. The van der Waals surface area contributed by atoms with Crippen molar-refractivity contribution < 1.29 is 4.39 Å². The standard InChI is InChI=1S/C13H12ClFN2S/c1-9-10(6-14)7-16-13(17-9)8-18-12-5-3-2-4-11(12)15/h2-5,7H,6,8H2,1H3. The summed E-state index contributed by atoms with van der Waals surface area (Å²) in [6, 6.07) is 6.69. The molecule has 0 aliphatic carbocycles. The zero-order valence-corrected chi connectivity index (χ0v) is 11.4. The van der Waals surface area contributed by atoms with Gasteiger partial charge in [-0.3, -0.25) is 0 Å². The molecule has 0 unspecified atom stereocenters. The van der Waals surface area contributed by atoms with Crippen LogP contribution >= 0.6 is 23.4 Å². The van der Waals surface area contributed by atoms with Crippen molar-refractivity contribution >= 4 is 23.4 Å². The second-order valence-electron chi connectivity index (χ2n) is 3.75. The Morgan fingerprint density at radius 3 is 2.78 bits per heavy atom. The third kappa shape index (κ3) is 3.21. The molecule has 0 fully saturated rings. The summed E-state index contributed by atoms with van der Waals surface area (Å²) in [5.41, 5.74) is 1.81. The average Bonchev–Trinajstić information content (AvgIpc) is 2.38. The monoisotopic (exact) mass is 282 g/mol. The van der Waals surface area contributed by atoms with E-state index in [1.54, 1.807) is 18.3 Å². The lowest BCUT2D eigenvalue weighted by atomic mass is 10.3. The molecule has 0 N–H and O–H groups in total. The fraction of sp³-hybridized carbons (Fsp3) is 0.231. The van der Waals surface area contributed by atoms with Crippen LogP contribution in [0.3, 0.4) is 0 Å². The van der Waals surface area contributed by atoms with Gasteiger partial charge in [-0.2, -0.15) is 0 Å². The molecule has 18 heavy (non-hydrogen) atoms. The first-order valence-corrected chi connectivity index (χ1v) is 6.97. The topological polar surface area (TPSA) is 25.8 Å². The smallest absolute Gasteiger partial charge is 0.138 e. The molecule has 0 saturated carbocycles. The first-order valence-electron chi connectivity index (χ1n) is 5.45. The lowest BCUT2D eigenvalue weighted by Gasteiger charge is -2.05. The number of rotatable bonds is 4. The molecule has 94 valence electrons. The van der Waals surface area contributed by atoms with Crippen molar-refractivity contribution in [1.82, 2.24) is 9.97 Å². The van der Waals surface area contributed by atoms with E-state index in [4.69, 9.17) is 11.6 Å². The van der Waals surface area contributed by atoms with Crippen molar-refractivity contribution in [2.45, 2.75) is 23.5 Å². The molecule has 2 aromatic rings. The summed E-state index contributed by atoms with van der Waals surface area (Å²) < 4.78 is 13.4. The van der Waals surface area contributed by atoms with Crippen molar-refractivity contribution in [3.63, 3.8) is 0 Å². The van der Waals surface area contributed by atoms with E-state index in [2.05, 4.69) is 9.97 Å². The van der Waals surface area contributed by atoms with Crippen LogP contribution in [0.15, 0.2) is 35.4 Å². The van der Waals surface area contributed by atoms with Gasteiger partial charge in [0.25, 0.3) is 0 Å². The fourth-order valence-electron chi connectivity index (χ4n) is 1.44.